The van der Waals surface area contributed by atoms with Gasteiger partial charge in [0.25, 0.3) is 0 Å². The standard InChI is InChI=1S/C16H20BrN3O2.C4H6O3/c1-16(2,3)22-15(21)20-8-4-5-13(20)14-18-11-7-6-10(17)9-12(11)19-14;5-4-3-6-1-2-7-4/h6-7,9,13H,4-5,8H2,1-3H3,(H,18,19);1-3H2. The molecule has 0 aliphatic carbocycles. The lowest BCUT2D eigenvalue weighted by Gasteiger charge is -2.27. The summed E-state index contributed by atoms with van der Waals surface area (Å²) in [5, 5.41) is 0. The Hall–Kier alpha value is -2.13. The van der Waals surface area contributed by atoms with Crippen molar-refractivity contribution in [3.8, 4) is 0 Å². The lowest BCUT2D eigenvalue weighted by atomic mass is 10.2. The molecule has 0 saturated carbocycles. The van der Waals surface area contributed by atoms with Gasteiger partial charge in [0, 0.05) is 11.0 Å². The molecule has 1 atom stereocenters. The highest BCUT2D eigenvalue weighted by molar-refractivity contribution is 9.10. The molecule has 0 bridgehead atoms. The van der Waals surface area contributed by atoms with Crippen molar-refractivity contribution < 1.29 is 23.8 Å². The first-order chi connectivity index (χ1) is 13.7. The van der Waals surface area contributed by atoms with E-state index < -0.39 is 5.60 Å². The van der Waals surface area contributed by atoms with Gasteiger partial charge in [0.2, 0.25) is 0 Å². The lowest BCUT2D eigenvalue weighted by Crippen LogP contribution is -2.36. The van der Waals surface area contributed by atoms with E-state index in [1.807, 2.05) is 39.0 Å². The van der Waals surface area contributed by atoms with Crippen molar-refractivity contribution in [1.29, 1.82) is 0 Å². The Labute approximate surface area is 178 Å². The maximum absolute atomic E-state index is 12.4. The number of aromatic nitrogens is 2. The molecular formula is C20H26BrN3O5. The number of ether oxygens (including phenoxy) is 3. The van der Waals surface area contributed by atoms with E-state index in [0.29, 0.717) is 19.8 Å². The quantitative estimate of drug-likeness (QED) is 0.637. The van der Waals surface area contributed by atoms with E-state index in [1.54, 1.807) is 4.90 Å². The molecule has 1 amide bonds. The van der Waals surface area contributed by atoms with Crippen molar-refractivity contribution in [1.82, 2.24) is 14.9 Å². The number of carbonyl (C=O) groups excluding carboxylic acids is 2. The number of H-pyrrole nitrogens is 1. The van der Waals surface area contributed by atoms with E-state index in [9.17, 15) is 9.59 Å². The van der Waals surface area contributed by atoms with Crippen molar-refractivity contribution in [2.24, 2.45) is 0 Å². The maximum Gasteiger partial charge on any atom is 0.410 e. The van der Waals surface area contributed by atoms with E-state index in [-0.39, 0.29) is 24.7 Å². The Morgan fingerprint density at radius 3 is 2.76 bits per heavy atom. The first kappa shape index (κ1) is 21.6. The minimum Gasteiger partial charge on any atom is -0.462 e. The van der Waals surface area contributed by atoms with Crippen molar-refractivity contribution in [3.63, 3.8) is 0 Å². The number of nitrogens with one attached hydrogen (secondary N) is 1. The van der Waals surface area contributed by atoms with Crippen LogP contribution in [-0.4, -0.2) is 58.9 Å². The molecule has 1 aromatic carbocycles. The number of esters is 1. The predicted octanol–water partition coefficient (Wildman–Crippen LogP) is 3.96. The summed E-state index contributed by atoms with van der Waals surface area (Å²) in [6, 6.07) is 5.89. The van der Waals surface area contributed by atoms with Gasteiger partial charge in [0.05, 0.1) is 23.7 Å². The van der Waals surface area contributed by atoms with Gasteiger partial charge >= 0.3 is 12.1 Å². The van der Waals surface area contributed by atoms with Crippen LogP contribution in [-0.2, 0) is 19.0 Å². The summed E-state index contributed by atoms with van der Waals surface area (Å²) in [6.07, 6.45) is 1.60. The fourth-order valence-corrected chi connectivity index (χ4v) is 3.52. The number of fused-ring (bicyclic) bond motifs is 1. The zero-order valence-corrected chi connectivity index (χ0v) is 18.5. The summed E-state index contributed by atoms with van der Waals surface area (Å²) in [6.45, 7) is 7.45. The van der Waals surface area contributed by atoms with Crippen molar-refractivity contribution >= 4 is 39.0 Å². The van der Waals surface area contributed by atoms with Crippen LogP contribution in [0.15, 0.2) is 22.7 Å². The van der Waals surface area contributed by atoms with Gasteiger partial charge in [-0.25, -0.2) is 14.6 Å². The largest absolute Gasteiger partial charge is 0.462 e. The summed E-state index contributed by atoms with van der Waals surface area (Å²) >= 11 is 3.46. The van der Waals surface area contributed by atoms with Gasteiger partial charge in [-0.15, -0.1) is 0 Å². The van der Waals surface area contributed by atoms with Crippen LogP contribution < -0.4 is 0 Å². The number of nitrogens with zero attached hydrogens (tertiary/aromatic N) is 2. The fourth-order valence-electron chi connectivity index (χ4n) is 3.16. The van der Waals surface area contributed by atoms with Crippen LogP contribution in [0.3, 0.4) is 0 Å². The molecule has 2 saturated heterocycles. The average molecular weight is 468 g/mol. The molecular weight excluding hydrogens is 442 g/mol. The second-order valence-electron chi connectivity index (χ2n) is 7.89. The van der Waals surface area contributed by atoms with Crippen molar-refractivity contribution in [3.05, 3.63) is 28.5 Å². The van der Waals surface area contributed by atoms with E-state index in [2.05, 4.69) is 30.6 Å². The number of likely N-dealkylation sites (tertiary alicyclic amines) is 1. The summed E-state index contributed by atoms with van der Waals surface area (Å²) in [4.78, 5) is 32.2. The molecule has 1 aromatic heterocycles. The molecule has 2 aliphatic heterocycles. The summed E-state index contributed by atoms with van der Waals surface area (Å²) in [5.41, 5.74) is 1.40. The van der Waals surface area contributed by atoms with Crippen LogP contribution in [0.5, 0.6) is 0 Å². The molecule has 3 heterocycles. The Morgan fingerprint density at radius 1 is 1.34 bits per heavy atom. The molecule has 158 valence electrons. The van der Waals surface area contributed by atoms with E-state index in [4.69, 9.17) is 9.47 Å². The van der Waals surface area contributed by atoms with E-state index >= 15 is 0 Å². The van der Waals surface area contributed by atoms with Crippen LogP contribution in [0.1, 0.15) is 45.5 Å². The number of rotatable bonds is 1. The summed E-state index contributed by atoms with van der Waals surface area (Å²) < 4.78 is 15.7. The Kier molecular flexibility index (Phi) is 6.79. The smallest absolute Gasteiger partial charge is 0.410 e. The number of hydrogen-bond donors (Lipinski definition) is 1. The number of aromatic amines is 1. The third-order valence-corrected chi connectivity index (χ3v) is 4.86. The molecule has 9 heteroatoms. The highest BCUT2D eigenvalue weighted by atomic mass is 79.9. The SMILES string of the molecule is CC(C)(C)OC(=O)N1CCCC1c1nc2ccc(Br)cc2[nH]1.O=C1COCCO1. The Bertz CT molecular complexity index is 869. The third-order valence-electron chi connectivity index (χ3n) is 4.37. The average Bonchev–Trinajstić information content (AvgIpc) is 3.27. The number of halogens is 1. The highest BCUT2D eigenvalue weighted by Gasteiger charge is 2.34. The monoisotopic (exact) mass is 467 g/mol. The minimum atomic E-state index is -0.483. The molecule has 8 nitrogen and oxygen atoms in total. The Morgan fingerprint density at radius 2 is 2.14 bits per heavy atom. The van der Waals surface area contributed by atoms with Gasteiger partial charge in [-0.2, -0.15) is 0 Å². The summed E-state index contributed by atoms with van der Waals surface area (Å²) in [5.74, 6) is 0.572. The normalized spacial score (nSPS) is 19.5. The first-order valence-electron chi connectivity index (χ1n) is 9.61. The van der Waals surface area contributed by atoms with Gasteiger partial charge in [-0.1, -0.05) is 15.9 Å². The third kappa shape index (κ3) is 5.93. The number of amides is 1. The molecule has 29 heavy (non-hydrogen) atoms. The zero-order valence-electron chi connectivity index (χ0n) is 16.9. The zero-order chi connectivity index (χ0) is 21.0. The number of cyclic esters (lactones) is 1. The number of imidazole rings is 1. The van der Waals surface area contributed by atoms with Crippen molar-refractivity contribution in [2.45, 2.75) is 45.3 Å². The molecule has 1 N–H and O–H groups in total. The molecule has 2 fully saturated rings. The van der Waals surface area contributed by atoms with Crippen LogP contribution in [0, 0.1) is 0 Å². The molecule has 0 radical (unpaired) electrons. The topological polar surface area (TPSA) is 93.8 Å². The fraction of sp³-hybridized carbons (Fsp3) is 0.550. The second kappa shape index (κ2) is 9.13. The van der Waals surface area contributed by atoms with E-state index in [1.165, 1.54) is 0 Å². The van der Waals surface area contributed by atoms with Crippen LogP contribution in [0.4, 0.5) is 4.79 Å². The van der Waals surface area contributed by atoms with Crippen LogP contribution >= 0.6 is 15.9 Å². The minimum absolute atomic E-state index is 0.0407. The van der Waals surface area contributed by atoms with Gasteiger partial charge < -0.3 is 19.2 Å². The highest BCUT2D eigenvalue weighted by Crippen LogP contribution is 2.33. The van der Waals surface area contributed by atoms with Crippen molar-refractivity contribution in [2.75, 3.05) is 26.4 Å². The molecule has 2 aliphatic rings. The second-order valence-corrected chi connectivity index (χ2v) is 8.80. The van der Waals surface area contributed by atoms with Gasteiger partial charge in [0.1, 0.15) is 24.6 Å². The maximum atomic E-state index is 12.4. The van der Waals surface area contributed by atoms with Crippen LogP contribution in [0.25, 0.3) is 11.0 Å². The van der Waals surface area contributed by atoms with E-state index in [0.717, 1.165) is 34.2 Å². The molecule has 2 aromatic rings. The molecule has 4 rings (SSSR count). The summed E-state index contributed by atoms with van der Waals surface area (Å²) in [7, 11) is 0. The number of carbonyl (C=O) groups is 2. The first-order valence-corrected chi connectivity index (χ1v) is 10.4. The Balaban J connectivity index is 0.000000290. The van der Waals surface area contributed by atoms with Crippen LogP contribution in [0.2, 0.25) is 0 Å². The van der Waals surface area contributed by atoms with Gasteiger partial charge in [0.15, 0.2) is 0 Å². The number of benzene rings is 1. The van der Waals surface area contributed by atoms with Gasteiger partial charge in [-0.3, -0.25) is 4.90 Å². The number of hydrogen-bond acceptors (Lipinski definition) is 6. The predicted molar refractivity (Wildman–Crippen MR) is 110 cm³/mol. The molecule has 0 spiro atoms. The molecule has 1 unspecified atom stereocenters. The van der Waals surface area contributed by atoms with Gasteiger partial charge in [-0.05, 0) is 51.8 Å². The lowest BCUT2D eigenvalue weighted by molar-refractivity contribution is -0.159.